The predicted molar refractivity (Wildman–Crippen MR) is 195 cm³/mol. The zero-order chi connectivity index (χ0) is 38.0. The molecule has 2 saturated heterocycles. The molecule has 290 valence electrons. The summed E-state index contributed by atoms with van der Waals surface area (Å²) in [5.74, 6) is -4.01. The lowest BCUT2D eigenvalue weighted by atomic mass is 9.83. The summed E-state index contributed by atoms with van der Waals surface area (Å²) in [7, 11) is -3.65. The summed E-state index contributed by atoms with van der Waals surface area (Å²) in [4.78, 5) is 69.1. The molecule has 4 rings (SSSR count). The first-order chi connectivity index (χ1) is 23.7. The van der Waals surface area contributed by atoms with Gasteiger partial charge in [-0.2, -0.15) is 0 Å². The normalized spacial score (nSPS) is 26.2. The van der Waals surface area contributed by atoms with Crippen LogP contribution in [0.2, 0.25) is 0 Å². The molecule has 51 heavy (non-hydrogen) atoms. The van der Waals surface area contributed by atoms with Crippen molar-refractivity contribution in [3.05, 3.63) is 0 Å². The van der Waals surface area contributed by atoms with E-state index in [0.29, 0.717) is 45.3 Å². The molecular formula is C35H57Cl2N5O8S. The molecule has 4 N–H and O–H groups in total. The van der Waals surface area contributed by atoms with Gasteiger partial charge in [-0.15, -0.1) is 23.2 Å². The molecular weight excluding hydrogens is 721 g/mol. The summed E-state index contributed by atoms with van der Waals surface area (Å²) in [5.41, 5.74) is -1.84. The third-order valence-electron chi connectivity index (χ3n) is 11.3. The van der Waals surface area contributed by atoms with Crippen LogP contribution in [-0.2, 0) is 33.8 Å². The number of sulfone groups is 1. The van der Waals surface area contributed by atoms with Crippen LogP contribution in [0.1, 0.15) is 106 Å². The van der Waals surface area contributed by atoms with Crippen LogP contribution in [0.5, 0.6) is 0 Å². The third-order valence-corrected chi connectivity index (χ3v) is 15.2. The second-order valence-electron chi connectivity index (χ2n) is 16.2. The van der Waals surface area contributed by atoms with Gasteiger partial charge in [-0.1, -0.05) is 59.8 Å². The van der Waals surface area contributed by atoms with E-state index in [4.69, 9.17) is 27.9 Å². The van der Waals surface area contributed by atoms with E-state index >= 15 is 0 Å². The van der Waals surface area contributed by atoms with Crippen molar-refractivity contribution in [3.8, 4) is 0 Å². The Morgan fingerprint density at radius 2 is 1.59 bits per heavy atom. The predicted octanol–water partition coefficient (Wildman–Crippen LogP) is 3.40. The van der Waals surface area contributed by atoms with Crippen molar-refractivity contribution in [2.75, 3.05) is 32.1 Å². The second-order valence-corrected chi connectivity index (χ2v) is 20.2. The Morgan fingerprint density at radius 3 is 2.16 bits per heavy atom. The number of rotatable bonds is 14. The molecule has 0 bridgehead atoms. The first kappa shape index (κ1) is 41.6. The van der Waals surface area contributed by atoms with Gasteiger partial charge >= 0.3 is 6.03 Å². The molecule has 2 saturated carbocycles. The van der Waals surface area contributed by atoms with Crippen molar-refractivity contribution in [2.24, 2.45) is 17.3 Å². The van der Waals surface area contributed by atoms with E-state index in [9.17, 15) is 32.4 Å². The number of carbonyl (C=O) groups is 5. The number of unbranched alkanes of at least 4 members (excludes halogenated alkanes) is 1. The number of hydrogen-bond donors (Lipinski definition) is 4. The SMILES string of the molecule is CCCC[C@H](NC(=O)[C@@H]1[C@@H]2[C@H](CN1C(=O)[C@@H](NC(=O)NC1(CS(=O)(=O)C3(C)CCOCC3)CCCCC1)C(C)(C)C)C2(Cl)Cl)C(=O)C(=O)NCC. The second kappa shape index (κ2) is 16.1. The van der Waals surface area contributed by atoms with Crippen molar-refractivity contribution in [1.29, 1.82) is 0 Å². The molecule has 4 fully saturated rings. The molecule has 0 aromatic heterocycles. The highest BCUT2D eigenvalue weighted by Gasteiger charge is 2.74. The zero-order valence-electron chi connectivity index (χ0n) is 30.9. The molecule has 2 heterocycles. The molecule has 0 spiro atoms. The summed E-state index contributed by atoms with van der Waals surface area (Å²) >= 11 is 13.1. The smallest absolute Gasteiger partial charge is 0.315 e. The number of hydrogen-bond acceptors (Lipinski definition) is 8. The molecule has 16 heteroatoms. The summed E-state index contributed by atoms with van der Waals surface area (Å²) in [5, 5.41) is 11.1. The number of fused-ring (bicyclic) bond motifs is 1. The maximum absolute atomic E-state index is 14.4. The number of nitrogens with zero attached hydrogens (tertiary/aromatic N) is 1. The number of ketones is 1. The number of carbonyl (C=O) groups excluding carboxylic acids is 5. The summed E-state index contributed by atoms with van der Waals surface area (Å²) in [6.45, 7) is 11.7. The molecule has 4 aliphatic rings. The van der Waals surface area contributed by atoms with Crippen molar-refractivity contribution in [2.45, 2.75) is 138 Å². The summed E-state index contributed by atoms with van der Waals surface area (Å²) in [6, 6.07) is -4.04. The molecule has 5 amide bonds. The Hall–Kier alpha value is -2.16. The van der Waals surface area contributed by atoms with E-state index < -0.39 is 89.4 Å². The highest BCUT2D eigenvalue weighted by atomic mass is 35.5. The van der Waals surface area contributed by atoms with E-state index in [-0.39, 0.29) is 25.3 Å². The Bertz CT molecular complexity index is 1440. The number of Topliss-reactive ketones (excluding diaryl/α,β-unsaturated/α-hetero) is 1. The molecule has 0 aromatic rings. The van der Waals surface area contributed by atoms with Gasteiger partial charge in [0.15, 0.2) is 9.84 Å². The van der Waals surface area contributed by atoms with Gasteiger partial charge in [-0.3, -0.25) is 19.2 Å². The van der Waals surface area contributed by atoms with E-state index in [1.807, 2.05) is 6.92 Å². The molecule has 2 aliphatic heterocycles. The lowest BCUT2D eigenvalue weighted by molar-refractivity contribution is -0.144. The zero-order valence-corrected chi connectivity index (χ0v) is 33.2. The molecule has 13 nitrogen and oxygen atoms in total. The highest BCUT2D eigenvalue weighted by Crippen LogP contribution is 2.65. The van der Waals surface area contributed by atoms with Crippen LogP contribution in [0.3, 0.4) is 0 Å². The third kappa shape index (κ3) is 9.15. The van der Waals surface area contributed by atoms with Crippen molar-refractivity contribution in [1.82, 2.24) is 26.2 Å². The fraction of sp³-hybridized carbons (Fsp3) is 0.857. The molecule has 0 aromatic carbocycles. The number of likely N-dealkylation sites (tertiary alicyclic amines) is 1. The number of nitrogens with one attached hydrogen (secondary N) is 4. The van der Waals surface area contributed by atoms with Crippen LogP contribution >= 0.6 is 23.2 Å². The van der Waals surface area contributed by atoms with Gasteiger partial charge in [-0.25, -0.2) is 13.2 Å². The van der Waals surface area contributed by atoms with E-state index in [2.05, 4.69) is 21.3 Å². The maximum Gasteiger partial charge on any atom is 0.315 e. The molecule has 0 unspecified atom stereocenters. The number of halogens is 2. The van der Waals surface area contributed by atoms with Gasteiger partial charge in [-0.05, 0) is 51.4 Å². The van der Waals surface area contributed by atoms with Gasteiger partial charge in [0.1, 0.15) is 16.4 Å². The van der Waals surface area contributed by atoms with Crippen LogP contribution in [0.15, 0.2) is 0 Å². The number of piperidine rings is 1. The minimum atomic E-state index is -3.65. The molecule has 0 radical (unpaired) electrons. The topological polar surface area (TPSA) is 180 Å². The van der Waals surface area contributed by atoms with Crippen molar-refractivity contribution in [3.63, 3.8) is 0 Å². The van der Waals surface area contributed by atoms with Crippen LogP contribution < -0.4 is 21.3 Å². The van der Waals surface area contributed by atoms with Gasteiger partial charge < -0.3 is 30.9 Å². The Labute approximate surface area is 312 Å². The minimum Gasteiger partial charge on any atom is -0.381 e. The van der Waals surface area contributed by atoms with E-state index in [1.165, 1.54) is 4.90 Å². The van der Waals surface area contributed by atoms with Crippen molar-refractivity contribution >= 4 is 62.6 Å². The van der Waals surface area contributed by atoms with Crippen LogP contribution in [0.4, 0.5) is 4.79 Å². The largest absolute Gasteiger partial charge is 0.381 e. The highest BCUT2D eigenvalue weighted by molar-refractivity contribution is 7.92. The number of likely N-dealkylation sites (N-methyl/N-ethyl adjacent to an activating group) is 1. The van der Waals surface area contributed by atoms with Gasteiger partial charge in [0.2, 0.25) is 17.6 Å². The standard InChI is InChI=1S/C35H57Cl2N5O8S/c1-7-9-13-23(26(43)29(45)38-8-2)39-28(44)25-24-22(35(24,36)37)20-42(25)30(46)27(32(3,4)5)40-31(47)41-34(14-11-10-12-15-34)21-51(48,49)33(6)16-18-50-19-17-33/h22-25,27H,7-21H2,1-6H3,(H,38,45)(H,39,44)(H2,40,41,47)/t22-,23-,24-,25-,27+/m0/s1. The van der Waals surface area contributed by atoms with Gasteiger partial charge in [0.05, 0.1) is 22.1 Å². The average Bonchev–Trinajstić information content (AvgIpc) is 3.36. The Balaban J connectivity index is 1.55. The lowest BCUT2D eigenvalue weighted by Gasteiger charge is -2.42. The first-order valence-corrected chi connectivity index (χ1v) is 20.8. The number of urea groups is 1. The summed E-state index contributed by atoms with van der Waals surface area (Å²) < 4.78 is 31.0. The molecule has 2 aliphatic carbocycles. The number of ether oxygens (including phenoxy) is 1. The van der Waals surface area contributed by atoms with E-state index in [0.717, 1.165) is 25.7 Å². The van der Waals surface area contributed by atoms with Gasteiger partial charge in [0, 0.05) is 38.1 Å². The van der Waals surface area contributed by atoms with Crippen LogP contribution in [0, 0.1) is 17.3 Å². The Morgan fingerprint density at radius 1 is 0.961 bits per heavy atom. The van der Waals surface area contributed by atoms with Crippen molar-refractivity contribution < 1.29 is 37.1 Å². The lowest BCUT2D eigenvalue weighted by Crippen LogP contribution is -2.64. The first-order valence-electron chi connectivity index (χ1n) is 18.4. The molecule has 5 atom stereocenters. The maximum atomic E-state index is 14.4. The number of amides is 5. The van der Waals surface area contributed by atoms with Gasteiger partial charge in [0.25, 0.3) is 5.91 Å². The van der Waals surface area contributed by atoms with Crippen LogP contribution in [-0.4, -0.2) is 108 Å². The monoisotopic (exact) mass is 777 g/mol. The fourth-order valence-corrected chi connectivity index (χ4v) is 10.9. The van der Waals surface area contributed by atoms with Crippen LogP contribution in [0.25, 0.3) is 0 Å². The Kier molecular flexibility index (Phi) is 13.1. The minimum absolute atomic E-state index is 0.0544. The average molecular weight is 779 g/mol. The number of alkyl halides is 2. The fourth-order valence-electron chi connectivity index (χ4n) is 7.88. The van der Waals surface area contributed by atoms with E-state index in [1.54, 1.807) is 34.6 Å². The quantitative estimate of drug-likeness (QED) is 0.153. The summed E-state index contributed by atoms with van der Waals surface area (Å²) in [6.07, 6.45) is 5.71.